The molecular weight excluding hydrogens is 228 g/mol. The first-order chi connectivity index (χ1) is 8.54. The van der Waals surface area contributed by atoms with Gasteiger partial charge >= 0.3 is 6.09 Å². The number of methoxy groups -OCH3 is 1. The monoisotopic (exact) mass is 248 g/mol. The SMILES string of the molecule is COC(=O)N1CCN(c2ccccc2)CC1(C)C. The summed E-state index contributed by atoms with van der Waals surface area (Å²) in [7, 11) is 1.43. The van der Waals surface area contributed by atoms with E-state index in [1.54, 1.807) is 4.90 Å². The minimum Gasteiger partial charge on any atom is -0.453 e. The highest BCUT2D eigenvalue weighted by atomic mass is 16.5. The summed E-state index contributed by atoms with van der Waals surface area (Å²) in [4.78, 5) is 15.8. The van der Waals surface area contributed by atoms with Gasteiger partial charge in [0.05, 0.1) is 12.6 Å². The highest BCUT2D eigenvalue weighted by Crippen LogP contribution is 2.25. The van der Waals surface area contributed by atoms with Gasteiger partial charge in [0.1, 0.15) is 0 Å². The average molecular weight is 248 g/mol. The molecule has 0 aromatic heterocycles. The fraction of sp³-hybridized carbons (Fsp3) is 0.500. The molecule has 0 saturated carbocycles. The predicted molar refractivity (Wildman–Crippen MR) is 71.8 cm³/mol. The Morgan fingerprint density at radius 2 is 1.89 bits per heavy atom. The largest absolute Gasteiger partial charge is 0.453 e. The second-order valence-corrected chi connectivity index (χ2v) is 5.19. The molecule has 1 aromatic carbocycles. The van der Waals surface area contributed by atoms with E-state index in [0.29, 0.717) is 6.54 Å². The minimum absolute atomic E-state index is 0.221. The molecule has 4 heteroatoms. The van der Waals surface area contributed by atoms with Crippen LogP contribution in [0.2, 0.25) is 0 Å². The first-order valence-corrected chi connectivity index (χ1v) is 6.20. The lowest BCUT2D eigenvalue weighted by Crippen LogP contribution is -2.61. The Balaban J connectivity index is 2.13. The molecule has 0 bridgehead atoms. The number of amides is 1. The Kier molecular flexibility index (Phi) is 3.45. The summed E-state index contributed by atoms with van der Waals surface area (Å²) >= 11 is 0. The molecule has 1 fully saturated rings. The van der Waals surface area contributed by atoms with Gasteiger partial charge in [0.15, 0.2) is 0 Å². The highest BCUT2D eigenvalue weighted by Gasteiger charge is 2.37. The maximum Gasteiger partial charge on any atom is 0.410 e. The van der Waals surface area contributed by atoms with E-state index in [9.17, 15) is 4.79 Å². The molecule has 0 unspecified atom stereocenters. The number of rotatable bonds is 1. The number of anilines is 1. The van der Waals surface area contributed by atoms with Crippen LogP contribution in [-0.2, 0) is 4.74 Å². The zero-order valence-corrected chi connectivity index (χ0v) is 11.2. The van der Waals surface area contributed by atoms with Gasteiger partial charge in [0.25, 0.3) is 0 Å². The van der Waals surface area contributed by atoms with Crippen molar-refractivity contribution >= 4 is 11.8 Å². The van der Waals surface area contributed by atoms with E-state index in [4.69, 9.17) is 4.74 Å². The van der Waals surface area contributed by atoms with Crippen molar-refractivity contribution in [3.63, 3.8) is 0 Å². The fourth-order valence-corrected chi connectivity index (χ4v) is 2.46. The lowest BCUT2D eigenvalue weighted by atomic mass is 9.99. The van der Waals surface area contributed by atoms with Crippen molar-refractivity contribution < 1.29 is 9.53 Å². The molecule has 0 spiro atoms. The molecule has 98 valence electrons. The number of piperazine rings is 1. The van der Waals surface area contributed by atoms with Crippen LogP contribution in [0.4, 0.5) is 10.5 Å². The van der Waals surface area contributed by atoms with E-state index in [2.05, 4.69) is 30.9 Å². The normalized spacial score (nSPS) is 18.6. The van der Waals surface area contributed by atoms with Crippen LogP contribution in [-0.4, -0.2) is 43.3 Å². The third-order valence-corrected chi connectivity index (χ3v) is 3.42. The van der Waals surface area contributed by atoms with Gasteiger partial charge in [0, 0.05) is 25.3 Å². The second kappa shape index (κ2) is 4.88. The number of hydrogen-bond donors (Lipinski definition) is 0. The van der Waals surface area contributed by atoms with E-state index in [-0.39, 0.29) is 11.6 Å². The van der Waals surface area contributed by atoms with Crippen LogP contribution >= 0.6 is 0 Å². The average Bonchev–Trinajstić information content (AvgIpc) is 2.38. The summed E-state index contributed by atoms with van der Waals surface area (Å²) in [5, 5.41) is 0. The standard InChI is InChI=1S/C14H20N2O2/c1-14(2)11-15(12-7-5-4-6-8-12)9-10-16(14)13(17)18-3/h4-8H,9-11H2,1-3H3. The predicted octanol–water partition coefficient (Wildman–Crippen LogP) is 2.35. The van der Waals surface area contributed by atoms with Crippen LogP contribution in [0.25, 0.3) is 0 Å². The Morgan fingerprint density at radius 1 is 1.22 bits per heavy atom. The second-order valence-electron chi connectivity index (χ2n) is 5.19. The van der Waals surface area contributed by atoms with Gasteiger partial charge in [-0.15, -0.1) is 0 Å². The van der Waals surface area contributed by atoms with Crippen molar-refractivity contribution in [2.45, 2.75) is 19.4 Å². The number of carbonyl (C=O) groups excluding carboxylic acids is 1. The number of carbonyl (C=O) groups is 1. The summed E-state index contributed by atoms with van der Waals surface area (Å²) in [6, 6.07) is 10.3. The van der Waals surface area contributed by atoms with E-state index < -0.39 is 0 Å². The molecule has 1 aliphatic heterocycles. The summed E-state index contributed by atoms with van der Waals surface area (Å²) < 4.78 is 4.83. The van der Waals surface area contributed by atoms with Gasteiger partial charge in [-0.05, 0) is 26.0 Å². The van der Waals surface area contributed by atoms with Gasteiger partial charge in [-0.25, -0.2) is 4.79 Å². The topological polar surface area (TPSA) is 32.8 Å². The van der Waals surface area contributed by atoms with Crippen LogP contribution in [0.5, 0.6) is 0 Å². The van der Waals surface area contributed by atoms with E-state index in [1.165, 1.54) is 12.8 Å². The first kappa shape index (κ1) is 12.7. The lowest BCUT2D eigenvalue weighted by molar-refractivity contribution is 0.0700. The summed E-state index contributed by atoms with van der Waals surface area (Å²) in [6.07, 6.45) is -0.243. The third-order valence-electron chi connectivity index (χ3n) is 3.42. The Labute approximate surface area is 108 Å². The van der Waals surface area contributed by atoms with Crippen molar-refractivity contribution in [1.82, 2.24) is 4.90 Å². The highest BCUT2D eigenvalue weighted by molar-refractivity contribution is 5.69. The van der Waals surface area contributed by atoms with Crippen molar-refractivity contribution in [3.8, 4) is 0 Å². The molecule has 0 radical (unpaired) electrons. The van der Waals surface area contributed by atoms with Crippen LogP contribution in [0, 0.1) is 0 Å². The van der Waals surface area contributed by atoms with Gasteiger partial charge in [0.2, 0.25) is 0 Å². The smallest absolute Gasteiger partial charge is 0.410 e. The minimum atomic E-state index is -0.243. The number of ether oxygens (including phenoxy) is 1. The lowest BCUT2D eigenvalue weighted by Gasteiger charge is -2.47. The molecule has 4 nitrogen and oxygen atoms in total. The Morgan fingerprint density at radius 3 is 2.44 bits per heavy atom. The van der Waals surface area contributed by atoms with Gasteiger partial charge in [-0.3, -0.25) is 4.90 Å². The summed E-state index contributed by atoms with van der Waals surface area (Å²) in [5.41, 5.74) is 0.983. The van der Waals surface area contributed by atoms with Crippen LogP contribution in [0.1, 0.15) is 13.8 Å². The quantitative estimate of drug-likeness (QED) is 0.765. The molecular formula is C14H20N2O2. The zero-order chi connectivity index (χ0) is 13.2. The molecule has 0 aliphatic carbocycles. The van der Waals surface area contributed by atoms with Crippen LogP contribution < -0.4 is 4.90 Å². The van der Waals surface area contributed by atoms with Crippen molar-refractivity contribution in [3.05, 3.63) is 30.3 Å². The molecule has 1 aliphatic rings. The van der Waals surface area contributed by atoms with Crippen molar-refractivity contribution in [1.29, 1.82) is 0 Å². The van der Waals surface area contributed by atoms with Gasteiger partial charge < -0.3 is 9.64 Å². The van der Waals surface area contributed by atoms with Gasteiger partial charge in [-0.2, -0.15) is 0 Å². The molecule has 1 aromatic rings. The fourth-order valence-electron chi connectivity index (χ4n) is 2.46. The van der Waals surface area contributed by atoms with Crippen LogP contribution in [0.3, 0.4) is 0 Å². The molecule has 0 N–H and O–H groups in total. The summed E-state index contributed by atoms with van der Waals surface area (Å²) in [6.45, 7) is 6.47. The maximum absolute atomic E-state index is 11.7. The number of para-hydroxylation sites is 1. The summed E-state index contributed by atoms with van der Waals surface area (Å²) in [5.74, 6) is 0. The van der Waals surface area contributed by atoms with E-state index in [0.717, 1.165) is 13.1 Å². The molecule has 0 atom stereocenters. The van der Waals surface area contributed by atoms with Crippen molar-refractivity contribution in [2.24, 2.45) is 0 Å². The maximum atomic E-state index is 11.7. The number of nitrogens with zero attached hydrogens (tertiary/aromatic N) is 2. The zero-order valence-electron chi connectivity index (χ0n) is 11.2. The number of hydrogen-bond acceptors (Lipinski definition) is 3. The van der Waals surface area contributed by atoms with Crippen molar-refractivity contribution in [2.75, 3.05) is 31.6 Å². The Bertz CT molecular complexity index is 417. The van der Waals surface area contributed by atoms with Gasteiger partial charge in [-0.1, -0.05) is 18.2 Å². The molecule has 1 saturated heterocycles. The first-order valence-electron chi connectivity index (χ1n) is 6.20. The van der Waals surface area contributed by atoms with E-state index >= 15 is 0 Å². The third kappa shape index (κ3) is 2.42. The Hall–Kier alpha value is -1.71. The van der Waals surface area contributed by atoms with Crippen LogP contribution in [0.15, 0.2) is 30.3 Å². The molecule has 1 heterocycles. The number of benzene rings is 1. The molecule has 18 heavy (non-hydrogen) atoms. The molecule has 1 amide bonds. The molecule has 2 rings (SSSR count). The van der Waals surface area contributed by atoms with E-state index in [1.807, 2.05) is 18.2 Å².